The molecule has 3 rings (SSSR count). The van der Waals surface area contributed by atoms with Crippen LogP contribution in [0.4, 0.5) is 4.39 Å². The first-order valence-corrected chi connectivity index (χ1v) is 7.68. The van der Waals surface area contributed by atoms with Gasteiger partial charge in [0.15, 0.2) is 0 Å². The van der Waals surface area contributed by atoms with E-state index in [0.29, 0.717) is 13.2 Å². The summed E-state index contributed by atoms with van der Waals surface area (Å²) in [5, 5.41) is 0. The molecule has 0 amide bonds. The number of benzene rings is 2. The van der Waals surface area contributed by atoms with E-state index in [1.165, 1.54) is 17.7 Å². The minimum Gasteiger partial charge on any atom is -0.376 e. The van der Waals surface area contributed by atoms with Crippen LogP contribution in [-0.2, 0) is 24.2 Å². The molecule has 0 atom stereocenters. The molecule has 0 saturated carbocycles. The van der Waals surface area contributed by atoms with Crippen molar-refractivity contribution in [1.29, 1.82) is 0 Å². The third-order valence-corrected chi connectivity index (χ3v) is 3.58. The van der Waals surface area contributed by atoms with Gasteiger partial charge < -0.3 is 9.72 Å². The van der Waals surface area contributed by atoms with Crippen molar-refractivity contribution in [3.8, 4) is 0 Å². The molecule has 3 aromatic rings. The number of hydrogen-bond donors (Lipinski definition) is 1. The van der Waals surface area contributed by atoms with E-state index in [2.05, 4.69) is 9.97 Å². The van der Waals surface area contributed by atoms with Crippen molar-refractivity contribution < 1.29 is 9.13 Å². The van der Waals surface area contributed by atoms with Gasteiger partial charge in [-0.05, 0) is 23.3 Å². The van der Waals surface area contributed by atoms with E-state index in [4.69, 9.17) is 4.74 Å². The van der Waals surface area contributed by atoms with Crippen molar-refractivity contribution in [1.82, 2.24) is 9.97 Å². The van der Waals surface area contributed by atoms with Crippen LogP contribution in [0.15, 0.2) is 60.8 Å². The lowest BCUT2D eigenvalue weighted by molar-refractivity contribution is 0.122. The molecule has 0 fully saturated rings. The van der Waals surface area contributed by atoms with Gasteiger partial charge in [0.05, 0.1) is 13.2 Å². The van der Waals surface area contributed by atoms with Gasteiger partial charge >= 0.3 is 0 Å². The summed E-state index contributed by atoms with van der Waals surface area (Å²) in [5.41, 5.74) is 3.25. The molecule has 0 bridgehead atoms. The highest BCUT2D eigenvalue weighted by atomic mass is 19.1. The van der Waals surface area contributed by atoms with E-state index in [0.717, 1.165) is 29.9 Å². The summed E-state index contributed by atoms with van der Waals surface area (Å²) in [6.45, 7) is 1.24. The standard InChI is InChI=1S/C19H19FN2O/c20-17-8-6-15(7-9-17)12-18-13-21-19(22-18)10-11-23-14-16-4-2-1-3-5-16/h1-9,13H,10-12,14H2,(H,21,22). The Balaban J connectivity index is 1.45. The average molecular weight is 310 g/mol. The number of imidazole rings is 1. The zero-order chi connectivity index (χ0) is 15.9. The highest BCUT2D eigenvalue weighted by Gasteiger charge is 2.03. The maximum atomic E-state index is 12.9. The predicted molar refractivity (Wildman–Crippen MR) is 87.6 cm³/mol. The van der Waals surface area contributed by atoms with Crippen LogP contribution in [0, 0.1) is 5.82 Å². The molecule has 0 aliphatic rings. The second-order valence-electron chi connectivity index (χ2n) is 5.45. The lowest BCUT2D eigenvalue weighted by atomic mass is 10.1. The zero-order valence-corrected chi connectivity index (χ0v) is 12.8. The van der Waals surface area contributed by atoms with Crippen LogP contribution in [0.3, 0.4) is 0 Å². The highest BCUT2D eigenvalue weighted by Crippen LogP contribution is 2.09. The lowest BCUT2D eigenvalue weighted by Crippen LogP contribution is -2.00. The average Bonchev–Trinajstić information content (AvgIpc) is 3.02. The van der Waals surface area contributed by atoms with E-state index in [9.17, 15) is 4.39 Å². The van der Waals surface area contributed by atoms with Crippen molar-refractivity contribution >= 4 is 0 Å². The Hall–Kier alpha value is -2.46. The Kier molecular flexibility index (Phi) is 5.17. The largest absolute Gasteiger partial charge is 0.376 e. The molecule has 0 aliphatic carbocycles. The minimum atomic E-state index is -0.213. The Morgan fingerprint density at radius 2 is 1.74 bits per heavy atom. The summed E-state index contributed by atoms with van der Waals surface area (Å²) >= 11 is 0. The highest BCUT2D eigenvalue weighted by molar-refractivity contribution is 5.21. The summed E-state index contributed by atoms with van der Waals surface area (Å²) in [7, 11) is 0. The molecule has 1 N–H and O–H groups in total. The molecule has 1 heterocycles. The van der Waals surface area contributed by atoms with Gasteiger partial charge in [0.1, 0.15) is 11.6 Å². The Labute approximate surface area is 135 Å². The molecule has 118 valence electrons. The zero-order valence-electron chi connectivity index (χ0n) is 12.8. The van der Waals surface area contributed by atoms with Gasteiger partial charge in [0, 0.05) is 24.7 Å². The summed E-state index contributed by atoms with van der Waals surface area (Å²) < 4.78 is 18.6. The third-order valence-electron chi connectivity index (χ3n) is 3.58. The Bertz CT molecular complexity index is 723. The third kappa shape index (κ3) is 4.76. The van der Waals surface area contributed by atoms with E-state index < -0.39 is 0 Å². The second-order valence-corrected chi connectivity index (χ2v) is 5.45. The van der Waals surface area contributed by atoms with Crippen molar-refractivity contribution in [3.05, 3.63) is 89.3 Å². The number of nitrogens with zero attached hydrogens (tertiary/aromatic N) is 1. The molecule has 0 saturated heterocycles. The molecule has 1 aromatic heterocycles. The Morgan fingerprint density at radius 3 is 2.52 bits per heavy atom. The smallest absolute Gasteiger partial charge is 0.123 e. The number of aromatic amines is 1. The van der Waals surface area contributed by atoms with Crippen LogP contribution in [0.2, 0.25) is 0 Å². The molecule has 2 aromatic carbocycles. The minimum absolute atomic E-state index is 0.213. The fourth-order valence-corrected chi connectivity index (χ4v) is 2.38. The van der Waals surface area contributed by atoms with Crippen LogP contribution < -0.4 is 0 Å². The first-order chi connectivity index (χ1) is 11.3. The molecular formula is C19H19FN2O. The number of H-pyrrole nitrogens is 1. The Morgan fingerprint density at radius 1 is 0.957 bits per heavy atom. The lowest BCUT2D eigenvalue weighted by Gasteiger charge is -2.03. The van der Waals surface area contributed by atoms with Crippen LogP contribution in [0.1, 0.15) is 22.6 Å². The van der Waals surface area contributed by atoms with Crippen molar-refractivity contribution in [3.63, 3.8) is 0 Å². The van der Waals surface area contributed by atoms with Crippen LogP contribution in [0.25, 0.3) is 0 Å². The molecular weight excluding hydrogens is 291 g/mol. The van der Waals surface area contributed by atoms with Crippen molar-refractivity contribution in [2.75, 3.05) is 6.61 Å². The van der Waals surface area contributed by atoms with Crippen LogP contribution >= 0.6 is 0 Å². The quantitative estimate of drug-likeness (QED) is 0.672. The molecule has 3 nitrogen and oxygen atoms in total. The van der Waals surface area contributed by atoms with Gasteiger partial charge in [0.2, 0.25) is 0 Å². The topological polar surface area (TPSA) is 37.9 Å². The number of nitrogens with one attached hydrogen (secondary N) is 1. The molecule has 0 aliphatic heterocycles. The van der Waals surface area contributed by atoms with E-state index in [1.807, 2.05) is 36.5 Å². The SMILES string of the molecule is Fc1ccc(Cc2cnc(CCOCc3ccccc3)[nH]2)cc1. The summed E-state index contributed by atoms with van der Waals surface area (Å²) in [4.78, 5) is 7.65. The normalized spacial score (nSPS) is 10.8. The van der Waals surface area contributed by atoms with Crippen LogP contribution in [0.5, 0.6) is 0 Å². The van der Waals surface area contributed by atoms with E-state index in [-0.39, 0.29) is 5.82 Å². The number of ether oxygens (including phenoxy) is 1. The molecule has 0 spiro atoms. The fourth-order valence-electron chi connectivity index (χ4n) is 2.38. The number of rotatable bonds is 7. The monoisotopic (exact) mass is 310 g/mol. The van der Waals surface area contributed by atoms with Gasteiger partial charge in [-0.15, -0.1) is 0 Å². The summed E-state index contributed by atoms with van der Waals surface area (Å²) in [6, 6.07) is 16.6. The maximum absolute atomic E-state index is 12.9. The maximum Gasteiger partial charge on any atom is 0.123 e. The number of aromatic nitrogens is 2. The van der Waals surface area contributed by atoms with Crippen LogP contribution in [-0.4, -0.2) is 16.6 Å². The molecule has 23 heavy (non-hydrogen) atoms. The van der Waals surface area contributed by atoms with Gasteiger partial charge in [0.25, 0.3) is 0 Å². The summed E-state index contributed by atoms with van der Waals surface area (Å²) in [5.74, 6) is 0.699. The van der Waals surface area contributed by atoms with E-state index in [1.54, 1.807) is 12.1 Å². The van der Waals surface area contributed by atoms with Crippen molar-refractivity contribution in [2.45, 2.75) is 19.4 Å². The van der Waals surface area contributed by atoms with Gasteiger partial charge in [-0.2, -0.15) is 0 Å². The van der Waals surface area contributed by atoms with Gasteiger partial charge in [-0.3, -0.25) is 0 Å². The van der Waals surface area contributed by atoms with Gasteiger partial charge in [-0.1, -0.05) is 42.5 Å². The second kappa shape index (κ2) is 7.70. The van der Waals surface area contributed by atoms with E-state index >= 15 is 0 Å². The molecule has 0 unspecified atom stereocenters. The number of halogens is 1. The fraction of sp³-hybridized carbons (Fsp3) is 0.211. The number of hydrogen-bond acceptors (Lipinski definition) is 2. The molecule has 4 heteroatoms. The predicted octanol–water partition coefficient (Wildman–Crippen LogP) is 3.90. The first-order valence-electron chi connectivity index (χ1n) is 7.68. The molecule has 0 radical (unpaired) electrons. The summed E-state index contributed by atoms with van der Waals surface area (Å²) in [6.07, 6.45) is 3.30. The van der Waals surface area contributed by atoms with Crippen molar-refractivity contribution in [2.24, 2.45) is 0 Å². The van der Waals surface area contributed by atoms with Gasteiger partial charge in [-0.25, -0.2) is 9.37 Å². The first kappa shape index (κ1) is 15.4.